The van der Waals surface area contributed by atoms with Gasteiger partial charge in [0, 0.05) is 37.4 Å². The van der Waals surface area contributed by atoms with E-state index in [1.54, 1.807) is 18.3 Å². The predicted molar refractivity (Wildman–Crippen MR) is 95.3 cm³/mol. The summed E-state index contributed by atoms with van der Waals surface area (Å²) in [6, 6.07) is 9.19. The van der Waals surface area contributed by atoms with Gasteiger partial charge in [0.1, 0.15) is 18.2 Å². The van der Waals surface area contributed by atoms with Gasteiger partial charge in [-0.1, -0.05) is 11.6 Å². The molecule has 1 amide bonds. The van der Waals surface area contributed by atoms with Crippen LogP contribution in [0.5, 0.6) is 5.75 Å². The number of hydrogen-bond acceptors (Lipinski definition) is 4. The van der Waals surface area contributed by atoms with Crippen LogP contribution in [0.3, 0.4) is 0 Å². The molecule has 24 heavy (non-hydrogen) atoms. The summed E-state index contributed by atoms with van der Waals surface area (Å²) in [4.78, 5) is 18.5. The van der Waals surface area contributed by atoms with Gasteiger partial charge < -0.3 is 15.0 Å². The molecule has 0 saturated carbocycles. The molecule has 0 radical (unpaired) electrons. The highest BCUT2D eigenvalue weighted by molar-refractivity contribution is 6.30. The van der Waals surface area contributed by atoms with Crippen molar-refractivity contribution in [1.82, 2.24) is 10.3 Å². The van der Waals surface area contributed by atoms with Crippen molar-refractivity contribution in [1.29, 1.82) is 0 Å². The second-order valence-corrected chi connectivity index (χ2v) is 6.18. The highest BCUT2D eigenvalue weighted by atomic mass is 35.5. The molecule has 0 aliphatic carbocycles. The highest BCUT2D eigenvalue weighted by Gasteiger charge is 2.17. The zero-order chi connectivity index (χ0) is 17.1. The van der Waals surface area contributed by atoms with Crippen molar-refractivity contribution < 1.29 is 9.53 Å². The van der Waals surface area contributed by atoms with Crippen LogP contribution >= 0.6 is 11.6 Å². The quantitative estimate of drug-likeness (QED) is 0.927. The third kappa shape index (κ3) is 3.68. The Bertz CT molecular complexity index is 803. The minimum Gasteiger partial charge on any atom is -0.488 e. The lowest BCUT2D eigenvalue weighted by Gasteiger charge is -2.18. The van der Waals surface area contributed by atoms with Crippen LogP contribution in [-0.4, -0.2) is 31.6 Å². The third-order valence-corrected chi connectivity index (χ3v) is 3.93. The Hall–Kier alpha value is -2.53. The van der Waals surface area contributed by atoms with Gasteiger partial charge in [0.15, 0.2) is 0 Å². The molecule has 1 N–H and O–H groups in total. The summed E-state index contributed by atoms with van der Waals surface area (Å²) < 4.78 is 5.61. The number of anilines is 1. The zero-order valence-electron chi connectivity index (χ0n) is 13.5. The van der Waals surface area contributed by atoms with E-state index in [0.717, 1.165) is 22.7 Å². The number of carbonyl (C=O) groups excluding carboxylic acids is 1. The van der Waals surface area contributed by atoms with E-state index < -0.39 is 0 Å². The van der Waals surface area contributed by atoms with Gasteiger partial charge in [0.2, 0.25) is 0 Å². The van der Waals surface area contributed by atoms with Crippen LogP contribution in [0.25, 0.3) is 6.08 Å². The number of carbonyl (C=O) groups is 1. The Balaban J connectivity index is 1.68. The molecule has 0 bridgehead atoms. The summed E-state index contributed by atoms with van der Waals surface area (Å²) in [6.45, 7) is 0.682. The third-order valence-electron chi connectivity index (χ3n) is 3.70. The van der Waals surface area contributed by atoms with E-state index >= 15 is 0 Å². The summed E-state index contributed by atoms with van der Waals surface area (Å²) in [5.41, 5.74) is 2.38. The molecule has 124 valence electrons. The highest BCUT2D eigenvalue weighted by Crippen LogP contribution is 2.28. The van der Waals surface area contributed by atoms with Crippen molar-refractivity contribution in [2.24, 2.45) is 0 Å². The Morgan fingerprint density at radius 3 is 2.96 bits per heavy atom. The van der Waals surface area contributed by atoms with Crippen molar-refractivity contribution in [3.63, 3.8) is 0 Å². The molecule has 3 rings (SSSR count). The van der Waals surface area contributed by atoms with Crippen LogP contribution in [0, 0.1) is 0 Å². The lowest BCUT2D eigenvalue weighted by atomic mass is 10.1. The molecule has 0 unspecified atom stereocenters. The molecule has 2 aromatic rings. The number of nitrogens with one attached hydrogen (secondary N) is 1. The molecular formula is C18H18ClN3O2. The van der Waals surface area contributed by atoms with E-state index in [1.165, 1.54) is 0 Å². The normalized spacial score (nSPS) is 12.7. The zero-order valence-corrected chi connectivity index (χ0v) is 14.3. The second kappa shape index (κ2) is 6.93. The van der Waals surface area contributed by atoms with Crippen LogP contribution in [0.1, 0.15) is 11.1 Å². The lowest BCUT2D eigenvalue weighted by Crippen LogP contribution is -2.28. The van der Waals surface area contributed by atoms with Gasteiger partial charge in [-0.3, -0.25) is 4.79 Å². The van der Waals surface area contributed by atoms with Gasteiger partial charge in [0.25, 0.3) is 5.91 Å². The van der Waals surface area contributed by atoms with Gasteiger partial charge in [-0.2, -0.15) is 0 Å². The van der Waals surface area contributed by atoms with Crippen molar-refractivity contribution in [2.45, 2.75) is 6.54 Å². The number of benzene rings is 1. The maximum absolute atomic E-state index is 12.4. The van der Waals surface area contributed by atoms with E-state index in [-0.39, 0.29) is 12.5 Å². The number of aromatic nitrogens is 1. The van der Waals surface area contributed by atoms with Gasteiger partial charge >= 0.3 is 0 Å². The molecule has 6 heteroatoms. The SMILES string of the molecule is CN(C)c1cc(CNC(=O)C2=Cc3cc(Cl)ccc3OC2)ccn1. The number of nitrogens with zero attached hydrogens (tertiary/aromatic N) is 2. The first-order valence-corrected chi connectivity index (χ1v) is 7.94. The minimum atomic E-state index is -0.149. The minimum absolute atomic E-state index is 0.149. The molecule has 0 fully saturated rings. The van der Waals surface area contributed by atoms with Crippen molar-refractivity contribution in [2.75, 3.05) is 25.6 Å². The van der Waals surface area contributed by atoms with E-state index in [1.807, 2.05) is 43.3 Å². The first-order chi connectivity index (χ1) is 11.5. The van der Waals surface area contributed by atoms with Crippen molar-refractivity contribution >= 4 is 29.4 Å². The number of halogens is 1. The summed E-state index contributed by atoms with van der Waals surface area (Å²) >= 11 is 5.99. The number of pyridine rings is 1. The van der Waals surface area contributed by atoms with E-state index in [2.05, 4.69) is 10.3 Å². The topological polar surface area (TPSA) is 54.5 Å². The van der Waals surface area contributed by atoms with Crippen LogP contribution in [0.15, 0.2) is 42.1 Å². The largest absolute Gasteiger partial charge is 0.488 e. The summed E-state index contributed by atoms with van der Waals surface area (Å²) in [5, 5.41) is 3.53. The van der Waals surface area contributed by atoms with Crippen molar-refractivity contribution in [3.05, 3.63) is 58.3 Å². The smallest absolute Gasteiger partial charge is 0.250 e. The number of rotatable bonds is 4. The maximum Gasteiger partial charge on any atom is 0.250 e. The van der Waals surface area contributed by atoms with Gasteiger partial charge in [-0.25, -0.2) is 4.98 Å². The average molecular weight is 344 g/mol. The fourth-order valence-corrected chi connectivity index (χ4v) is 2.57. The fraction of sp³-hybridized carbons (Fsp3) is 0.222. The Morgan fingerprint density at radius 1 is 1.33 bits per heavy atom. The first-order valence-electron chi connectivity index (χ1n) is 7.56. The summed E-state index contributed by atoms with van der Waals surface area (Å²) in [5.74, 6) is 1.44. The molecule has 1 aliphatic heterocycles. The van der Waals surface area contributed by atoms with E-state index in [0.29, 0.717) is 17.1 Å². The first kappa shape index (κ1) is 16.3. The molecule has 1 aromatic carbocycles. The standard InChI is InChI=1S/C18H18ClN3O2/c1-22(2)17-7-12(5-6-20-17)10-21-18(23)14-8-13-9-15(19)3-4-16(13)24-11-14/h3-9H,10-11H2,1-2H3,(H,21,23). The molecule has 5 nitrogen and oxygen atoms in total. The van der Waals surface area contributed by atoms with Gasteiger partial charge in [0.05, 0.1) is 5.57 Å². The predicted octanol–water partition coefficient (Wildman–Crippen LogP) is 2.89. The average Bonchev–Trinajstić information content (AvgIpc) is 2.59. The second-order valence-electron chi connectivity index (χ2n) is 5.74. The maximum atomic E-state index is 12.4. The summed E-state index contributed by atoms with van der Waals surface area (Å²) in [6.07, 6.45) is 3.55. The number of ether oxygens (including phenoxy) is 1. The van der Waals surface area contributed by atoms with Crippen LogP contribution < -0.4 is 15.0 Å². The lowest BCUT2D eigenvalue weighted by molar-refractivity contribution is -0.117. The summed E-state index contributed by atoms with van der Waals surface area (Å²) in [7, 11) is 3.86. The van der Waals surface area contributed by atoms with E-state index in [9.17, 15) is 4.79 Å². The molecule has 2 heterocycles. The molecule has 0 spiro atoms. The Labute approximate surface area is 145 Å². The number of hydrogen-bond donors (Lipinski definition) is 1. The monoisotopic (exact) mass is 343 g/mol. The van der Waals surface area contributed by atoms with Crippen LogP contribution in [-0.2, 0) is 11.3 Å². The molecule has 1 aromatic heterocycles. The molecule has 1 aliphatic rings. The molecule has 0 atom stereocenters. The van der Waals surface area contributed by atoms with Crippen LogP contribution in [0.2, 0.25) is 5.02 Å². The van der Waals surface area contributed by atoms with Crippen molar-refractivity contribution in [3.8, 4) is 5.75 Å². The van der Waals surface area contributed by atoms with E-state index in [4.69, 9.17) is 16.3 Å². The Morgan fingerprint density at radius 2 is 2.17 bits per heavy atom. The van der Waals surface area contributed by atoms with Gasteiger partial charge in [-0.05, 0) is 42.0 Å². The van der Waals surface area contributed by atoms with Crippen LogP contribution in [0.4, 0.5) is 5.82 Å². The number of fused-ring (bicyclic) bond motifs is 1. The molecular weight excluding hydrogens is 326 g/mol. The molecule has 0 saturated heterocycles. The number of amides is 1. The Kier molecular flexibility index (Phi) is 4.71. The van der Waals surface area contributed by atoms with Gasteiger partial charge in [-0.15, -0.1) is 0 Å². The fourth-order valence-electron chi connectivity index (χ4n) is 2.39.